The second kappa shape index (κ2) is 6.44. The minimum atomic E-state index is 0.236. The van der Waals surface area contributed by atoms with Gasteiger partial charge in [-0.15, -0.1) is 11.8 Å². The van der Waals surface area contributed by atoms with Crippen LogP contribution in [-0.2, 0) is 4.79 Å². The Balaban J connectivity index is 1.84. The molecule has 1 aromatic rings. The molecule has 1 amide bonds. The lowest BCUT2D eigenvalue weighted by Crippen LogP contribution is -2.30. The predicted octanol–water partition coefficient (Wildman–Crippen LogP) is 2.68. The molecule has 0 bridgehead atoms. The summed E-state index contributed by atoms with van der Waals surface area (Å²) in [5, 5.41) is 3.22. The van der Waals surface area contributed by atoms with Crippen LogP contribution < -0.4 is 5.32 Å². The van der Waals surface area contributed by atoms with E-state index < -0.39 is 0 Å². The van der Waals surface area contributed by atoms with Gasteiger partial charge in [0.1, 0.15) is 0 Å². The van der Waals surface area contributed by atoms with Gasteiger partial charge >= 0.3 is 0 Å². The van der Waals surface area contributed by atoms with Crippen LogP contribution in [-0.4, -0.2) is 36.7 Å². The number of amides is 1. The zero-order valence-electron chi connectivity index (χ0n) is 11.8. The Morgan fingerprint density at radius 1 is 1.42 bits per heavy atom. The minimum absolute atomic E-state index is 0.236. The average Bonchev–Trinajstić information content (AvgIpc) is 3.28. The number of hydrogen-bond donors (Lipinski definition) is 1. The van der Waals surface area contributed by atoms with Crippen molar-refractivity contribution in [3.05, 3.63) is 29.8 Å². The van der Waals surface area contributed by atoms with Crippen LogP contribution in [0.1, 0.15) is 31.4 Å². The van der Waals surface area contributed by atoms with Gasteiger partial charge in [-0.2, -0.15) is 0 Å². The Hall–Kier alpha value is -1.00. The highest BCUT2D eigenvalue weighted by Crippen LogP contribution is 2.27. The third-order valence-electron chi connectivity index (χ3n) is 3.66. The summed E-state index contributed by atoms with van der Waals surface area (Å²) in [6.45, 7) is 2.14. The summed E-state index contributed by atoms with van der Waals surface area (Å²) in [6.07, 6.45) is 2.34. The summed E-state index contributed by atoms with van der Waals surface area (Å²) >= 11 is 1.62. The Morgan fingerprint density at radius 3 is 2.58 bits per heavy atom. The normalized spacial score (nSPS) is 16.2. The molecule has 0 radical (unpaired) electrons. The molecule has 3 nitrogen and oxygen atoms in total. The van der Waals surface area contributed by atoms with Gasteiger partial charge in [0.2, 0.25) is 5.91 Å². The molecule has 0 aliphatic heterocycles. The Bertz CT molecular complexity index is 428. The molecule has 0 saturated heterocycles. The highest BCUT2D eigenvalue weighted by Gasteiger charge is 2.29. The second-order valence-electron chi connectivity index (χ2n) is 5.10. The molecule has 1 N–H and O–H groups in total. The van der Waals surface area contributed by atoms with Crippen molar-refractivity contribution in [2.24, 2.45) is 0 Å². The van der Waals surface area contributed by atoms with Gasteiger partial charge in [0.15, 0.2) is 0 Å². The SMILES string of the molecule is CNC(C)c1ccc(SCC(=O)N(C)C2CC2)cc1. The van der Waals surface area contributed by atoms with Crippen molar-refractivity contribution in [2.75, 3.05) is 19.8 Å². The van der Waals surface area contributed by atoms with E-state index in [-0.39, 0.29) is 5.91 Å². The van der Waals surface area contributed by atoms with Gasteiger partial charge in [-0.05, 0) is 44.5 Å². The molecule has 1 aromatic carbocycles. The van der Waals surface area contributed by atoms with Gasteiger partial charge in [0.25, 0.3) is 0 Å². The smallest absolute Gasteiger partial charge is 0.232 e. The molecule has 4 heteroatoms. The lowest BCUT2D eigenvalue weighted by atomic mass is 10.1. The number of carbonyl (C=O) groups excluding carboxylic acids is 1. The van der Waals surface area contributed by atoms with Crippen LogP contribution in [0.5, 0.6) is 0 Å². The molecule has 19 heavy (non-hydrogen) atoms. The summed E-state index contributed by atoms with van der Waals surface area (Å²) < 4.78 is 0. The first kappa shape index (κ1) is 14.4. The van der Waals surface area contributed by atoms with E-state index in [4.69, 9.17) is 0 Å². The fraction of sp³-hybridized carbons (Fsp3) is 0.533. The van der Waals surface area contributed by atoms with Crippen molar-refractivity contribution >= 4 is 17.7 Å². The number of benzene rings is 1. The summed E-state index contributed by atoms with van der Waals surface area (Å²) in [4.78, 5) is 15.0. The third kappa shape index (κ3) is 3.98. The van der Waals surface area contributed by atoms with Crippen LogP contribution in [0.25, 0.3) is 0 Å². The maximum Gasteiger partial charge on any atom is 0.232 e. The average molecular weight is 278 g/mol. The number of hydrogen-bond acceptors (Lipinski definition) is 3. The number of nitrogens with one attached hydrogen (secondary N) is 1. The molecule has 1 saturated carbocycles. The van der Waals surface area contributed by atoms with Gasteiger partial charge in [0, 0.05) is 24.0 Å². The van der Waals surface area contributed by atoms with Crippen molar-refractivity contribution < 1.29 is 4.79 Å². The fourth-order valence-corrected chi connectivity index (χ4v) is 2.75. The van der Waals surface area contributed by atoms with Crippen molar-refractivity contribution in [1.82, 2.24) is 10.2 Å². The lowest BCUT2D eigenvalue weighted by molar-refractivity contribution is -0.127. The Kier molecular flexibility index (Phi) is 4.88. The molecular formula is C15H22N2OS. The number of nitrogens with zero attached hydrogens (tertiary/aromatic N) is 1. The van der Waals surface area contributed by atoms with E-state index in [1.165, 1.54) is 18.4 Å². The van der Waals surface area contributed by atoms with E-state index in [0.29, 0.717) is 17.8 Å². The molecule has 1 aliphatic rings. The van der Waals surface area contributed by atoms with Gasteiger partial charge in [-0.3, -0.25) is 4.79 Å². The monoisotopic (exact) mass is 278 g/mol. The maximum absolute atomic E-state index is 11.9. The first-order valence-electron chi connectivity index (χ1n) is 6.77. The van der Waals surface area contributed by atoms with Gasteiger partial charge in [0.05, 0.1) is 5.75 Å². The van der Waals surface area contributed by atoms with E-state index in [9.17, 15) is 4.79 Å². The summed E-state index contributed by atoms with van der Waals surface area (Å²) in [6, 6.07) is 9.31. The van der Waals surface area contributed by atoms with E-state index in [2.05, 4.69) is 36.5 Å². The highest BCUT2D eigenvalue weighted by molar-refractivity contribution is 8.00. The molecule has 1 aliphatic carbocycles. The zero-order valence-corrected chi connectivity index (χ0v) is 12.7. The summed E-state index contributed by atoms with van der Waals surface area (Å²) in [5.74, 6) is 0.772. The number of rotatable bonds is 6. The zero-order chi connectivity index (χ0) is 13.8. The molecule has 1 atom stereocenters. The summed E-state index contributed by atoms with van der Waals surface area (Å²) in [5.41, 5.74) is 1.27. The minimum Gasteiger partial charge on any atom is -0.342 e. The number of carbonyl (C=O) groups is 1. The third-order valence-corrected chi connectivity index (χ3v) is 4.66. The first-order valence-corrected chi connectivity index (χ1v) is 7.76. The molecule has 104 valence electrons. The van der Waals surface area contributed by atoms with Crippen molar-refractivity contribution in [3.63, 3.8) is 0 Å². The van der Waals surface area contributed by atoms with Crippen molar-refractivity contribution in [2.45, 2.75) is 36.7 Å². The van der Waals surface area contributed by atoms with Crippen LogP contribution in [0.15, 0.2) is 29.2 Å². The molecule has 1 fully saturated rings. The van der Waals surface area contributed by atoms with Crippen LogP contribution >= 0.6 is 11.8 Å². The van der Waals surface area contributed by atoms with E-state index in [0.717, 1.165) is 4.90 Å². The van der Waals surface area contributed by atoms with Crippen molar-refractivity contribution in [1.29, 1.82) is 0 Å². The van der Waals surface area contributed by atoms with Crippen LogP contribution in [0.4, 0.5) is 0 Å². The Morgan fingerprint density at radius 2 is 2.05 bits per heavy atom. The van der Waals surface area contributed by atoms with E-state index in [1.807, 2.05) is 19.0 Å². The standard InChI is InChI=1S/C15H22N2OS/c1-11(16-2)12-4-8-14(9-5-12)19-10-15(18)17(3)13-6-7-13/h4-5,8-9,11,13,16H,6-7,10H2,1-3H3. The van der Waals surface area contributed by atoms with Crippen LogP contribution in [0, 0.1) is 0 Å². The second-order valence-corrected chi connectivity index (χ2v) is 6.15. The molecule has 0 spiro atoms. The maximum atomic E-state index is 11.9. The molecule has 1 unspecified atom stereocenters. The molecule has 0 aromatic heterocycles. The molecule has 0 heterocycles. The van der Waals surface area contributed by atoms with Gasteiger partial charge in [-0.25, -0.2) is 0 Å². The topological polar surface area (TPSA) is 32.3 Å². The number of thioether (sulfide) groups is 1. The Labute approximate surface area is 119 Å². The largest absolute Gasteiger partial charge is 0.342 e. The van der Waals surface area contributed by atoms with Gasteiger partial charge < -0.3 is 10.2 Å². The van der Waals surface area contributed by atoms with Crippen molar-refractivity contribution in [3.8, 4) is 0 Å². The van der Waals surface area contributed by atoms with Crippen LogP contribution in [0.3, 0.4) is 0 Å². The molecule has 2 rings (SSSR count). The van der Waals surface area contributed by atoms with Crippen LogP contribution in [0.2, 0.25) is 0 Å². The fourth-order valence-electron chi connectivity index (χ4n) is 1.93. The lowest BCUT2D eigenvalue weighted by Gasteiger charge is -2.16. The highest BCUT2D eigenvalue weighted by atomic mass is 32.2. The van der Waals surface area contributed by atoms with Gasteiger partial charge in [-0.1, -0.05) is 12.1 Å². The van der Waals surface area contributed by atoms with E-state index in [1.54, 1.807) is 11.8 Å². The molecular weight excluding hydrogens is 256 g/mol. The van der Waals surface area contributed by atoms with E-state index >= 15 is 0 Å². The quantitative estimate of drug-likeness (QED) is 0.812. The first-order chi connectivity index (χ1) is 9.11. The predicted molar refractivity (Wildman–Crippen MR) is 80.4 cm³/mol. The summed E-state index contributed by atoms with van der Waals surface area (Å²) in [7, 11) is 3.87.